The number of halogens is 1. The molecule has 30 heavy (non-hydrogen) atoms. The highest BCUT2D eigenvalue weighted by molar-refractivity contribution is 9.10. The van der Waals surface area contributed by atoms with Crippen LogP contribution in [-0.4, -0.2) is 66.8 Å². The maximum absolute atomic E-state index is 13.3. The smallest absolute Gasteiger partial charge is 0.253 e. The summed E-state index contributed by atoms with van der Waals surface area (Å²) in [6.45, 7) is 3.42. The number of carbonyl (C=O) groups is 2. The standard InChI is InChI=1S/C24H30BrN3O2/c1-26(2)16-17-28(18-19-6-4-3-5-7-19)24(30)21-12-14-27(15-13-21)23(29)20-8-10-22(25)11-9-20/h3-11,21H,12-18H2,1-2H3. The third-order valence-corrected chi connectivity index (χ3v) is 6.10. The molecule has 160 valence electrons. The van der Waals surface area contributed by atoms with E-state index in [0.29, 0.717) is 44.6 Å². The summed E-state index contributed by atoms with van der Waals surface area (Å²) in [5.74, 6) is 0.225. The Balaban J connectivity index is 1.60. The number of amides is 2. The summed E-state index contributed by atoms with van der Waals surface area (Å²) < 4.78 is 0.958. The zero-order chi connectivity index (χ0) is 21.5. The summed E-state index contributed by atoms with van der Waals surface area (Å²) in [7, 11) is 4.05. The lowest BCUT2D eigenvalue weighted by molar-refractivity contribution is -0.137. The topological polar surface area (TPSA) is 43.9 Å². The monoisotopic (exact) mass is 471 g/mol. The van der Waals surface area contributed by atoms with Crippen molar-refractivity contribution >= 4 is 27.7 Å². The van der Waals surface area contributed by atoms with Gasteiger partial charge in [-0.05, 0) is 56.8 Å². The number of carbonyl (C=O) groups excluding carboxylic acids is 2. The van der Waals surface area contributed by atoms with Crippen LogP contribution in [0, 0.1) is 5.92 Å². The van der Waals surface area contributed by atoms with Crippen LogP contribution in [-0.2, 0) is 11.3 Å². The molecule has 0 saturated carbocycles. The van der Waals surface area contributed by atoms with Crippen molar-refractivity contribution in [1.29, 1.82) is 0 Å². The number of benzene rings is 2. The molecule has 0 radical (unpaired) electrons. The van der Waals surface area contributed by atoms with Gasteiger partial charge in [-0.2, -0.15) is 0 Å². The first-order valence-electron chi connectivity index (χ1n) is 10.5. The van der Waals surface area contributed by atoms with Gasteiger partial charge >= 0.3 is 0 Å². The van der Waals surface area contributed by atoms with Crippen molar-refractivity contribution in [2.75, 3.05) is 40.3 Å². The molecular weight excluding hydrogens is 442 g/mol. The van der Waals surface area contributed by atoms with Gasteiger partial charge in [0, 0.05) is 48.7 Å². The maximum Gasteiger partial charge on any atom is 0.253 e. The summed E-state index contributed by atoms with van der Waals surface area (Å²) in [6, 6.07) is 17.6. The molecule has 0 atom stereocenters. The third-order valence-electron chi connectivity index (χ3n) is 5.57. The van der Waals surface area contributed by atoms with E-state index in [1.165, 1.54) is 0 Å². The zero-order valence-corrected chi connectivity index (χ0v) is 19.3. The minimum absolute atomic E-state index is 0.0233. The number of piperidine rings is 1. The highest BCUT2D eigenvalue weighted by Gasteiger charge is 2.30. The quantitative estimate of drug-likeness (QED) is 0.614. The van der Waals surface area contributed by atoms with Gasteiger partial charge in [0.2, 0.25) is 5.91 Å². The van der Waals surface area contributed by atoms with Crippen molar-refractivity contribution in [2.45, 2.75) is 19.4 Å². The Bertz CT molecular complexity index is 831. The second kappa shape index (κ2) is 10.7. The average molecular weight is 472 g/mol. The molecule has 0 aromatic heterocycles. The molecule has 0 aliphatic carbocycles. The molecule has 1 fully saturated rings. The van der Waals surface area contributed by atoms with Crippen molar-refractivity contribution in [3.05, 3.63) is 70.2 Å². The number of hydrogen-bond donors (Lipinski definition) is 0. The maximum atomic E-state index is 13.3. The summed E-state index contributed by atoms with van der Waals surface area (Å²) in [4.78, 5) is 32.0. The van der Waals surface area contributed by atoms with Crippen LogP contribution < -0.4 is 0 Å². The molecule has 2 aromatic carbocycles. The van der Waals surface area contributed by atoms with E-state index in [0.717, 1.165) is 16.6 Å². The highest BCUT2D eigenvalue weighted by atomic mass is 79.9. The number of likely N-dealkylation sites (N-methyl/N-ethyl adjacent to an activating group) is 1. The SMILES string of the molecule is CN(C)CCN(Cc1ccccc1)C(=O)C1CCN(C(=O)c2ccc(Br)cc2)CC1. The second-order valence-electron chi connectivity index (χ2n) is 8.12. The Hall–Kier alpha value is -2.18. The third kappa shape index (κ3) is 6.16. The molecular formula is C24H30BrN3O2. The number of nitrogens with zero attached hydrogens (tertiary/aromatic N) is 3. The van der Waals surface area contributed by atoms with E-state index in [2.05, 4.69) is 33.0 Å². The molecule has 2 aromatic rings. The summed E-state index contributed by atoms with van der Waals surface area (Å²) in [5.41, 5.74) is 1.84. The van der Waals surface area contributed by atoms with Crippen LogP contribution in [0.3, 0.4) is 0 Å². The molecule has 1 heterocycles. The summed E-state index contributed by atoms with van der Waals surface area (Å²) in [6.07, 6.45) is 1.43. The van der Waals surface area contributed by atoms with E-state index >= 15 is 0 Å². The van der Waals surface area contributed by atoms with E-state index < -0.39 is 0 Å². The predicted molar refractivity (Wildman–Crippen MR) is 123 cm³/mol. The average Bonchev–Trinajstić information content (AvgIpc) is 2.77. The summed E-state index contributed by atoms with van der Waals surface area (Å²) >= 11 is 3.40. The van der Waals surface area contributed by atoms with E-state index in [9.17, 15) is 9.59 Å². The van der Waals surface area contributed by atoms with Crippen LogP contribution in [0.2, 0.25) is 0 Å². The normalized spacial score (nSPS) is 14.7. The van der Waals surface area contributed by atoms with Crippen molar-refractivity contribution < 1.29 is 9.59 Å². The molecule has 0 N–H and O–H groups in total. The number of likely N-dealkylation sites (tertiary alicyclic amines) is 1. The molecule has 0 unspecified atom stereocenters. The Morgan fingerprint density at radius 1 is 0.967 bits per heavy atom. The van der Waals surface area contributed by atoms with Crippen molar-refractivity contribution in [2.24, 2.45) is 5.92 Å². The molecule has 1 aliphatic heterocycles. The van der Waals surface area contributed by atoms with Gasteiger partial charge in [-0.25, -0.2) is 0 Å². The first-order valence-corrected chi connectivity index (χ1v) is 11.3. The van der Waals surface area contributed by atoms with E-state index in [1.807, 2.05) is 66.4 Å². The van der Waals surface area contributed by atoms with Gasteiger partial charge in [0.15, 0.2) is 0 Å². The minimum atomic E-state index is -0.0233. The lowest BCUT2D eigenvalue weighted by Gasteiger charge is -2.35. The number of hydrogen-bond acceptors (Lipinski definition) is 3. The van der Waals surface area contributed by atoms with Crippen LogP contribution in [0.1, 0.15) is 28.8 Å². The van der Waals surface area contributed by atoms with Crippen molar-refractivity contribution in [3.63, 3.8) is 0 Å². The van der Waals surface area contributed by atoms with Crippen LogP contribution in [0.15, 0.2) is 59.1 Å². The van der Waals surface area contributed by atoms with Gasteiger partial charge in [-0.15, -0.1) is 0 Å². The van der Waals surface area contributed by atoms with Gasteiger partial charge < -0.3 is 14.7 Å². The van der Waals surface area contributed by atoms with Gasteiger partial charge in [0.05, 0.1) is 0 Å². The molecule has 0 bridgehead atoms. The van der Waals surface area contributed by atoms with Crippen molar-refractivity contribution in [1.82, 2.24) is 14.7 Å². The Morgan fingerprint density at radius 2 is 1.60 bits per heavy atom. The van der Waals surface area contributed by atoms with E-state index in [1.54, 1.807) is 0 Å². The highest BCUT2D eigenvalue weighted by Crippen LogP contribution is 2.23. The second-order valence-corrected chi connectivity index (χ2v) is 9.04. The largest absolute Gasteiger partial charge is 0.339 e. The van der Waals surface area contributed by atoms with E-state index in [4.69, 9.17) is 0 Å². The predicted octanol–water partition coefficient (Wildman–Crippen LogP) is 3.89. The molecule has 3 rings (SSSR count). The van der Waals surface area contributed by atoms with Crippen LogP contribution >= 0.6 is 15.9 Å². The molecule has 5 nitrogen and oxygen atoms in total. The minimum Gasteiger partial charge on any atom is -0.339 e. The lowest BCUT2D eigenvalue weighted by atomic mass is 9.94. The first-order chi connectivity index (χ1) is 14.4. The van der Waals surface area contributed by atoms with Gasteiger partial charge in [-0.3, -0.25) is 9.59 Å². The Morgan fingerprint density at radius 3 is 2.20 bits per heavy atom. The Kier molecular flexibility index (Phi) is 8.05. The van der Waals surface area contributed by atoms with Crippen LogP contribution in [0.25, 0.3) is 0 Å². The van der Waals surface area contributed by atoms with Crippen LogP contribution in [0.5, 0.6) is 0 Å². The van der Waals surface area contributed by atoms with Gasteiger partial charge in [0.25, 0.3) is 5.91 Å². The Labute approximate surface area is 187 Å². The van der Waals surface area contributed by atoms with Crippen molar-refractivity contribution in [3.8, 4) is 0 Å². The van der Waals surface area contributed by atoms with E-state index in [-0.39, 0.29) is 17.7 Å². The van der Waals surface area contributed by atoms with Gasteiger partial charge in [0.1, 0.15) is 0 Å². The molecule has 0 spiro atoms. The fourth-order valence-electron chi connectivity index (χ4n) is 3.75. The fraction of sp³-hybridized carbons (Fsp3) is 0.417. The van der Waals surface area contributed by atoms with Crippen LogP contribution in [0.4, 0.5) is 0 Å². The lowest BCUT2D eigenvalue weighted by Crippen LogP contribution is -2.45. The molecule has 1 saturated heterocycles. The molecule has 1 aliphatic rings. The first kappa shape index (κ1) is 22.5. The molecule has 6 heteroatoms. The van der Waals surface area contributed by atoms with Gasteiger partial charge in [-0.1, -0.05) is 46.3 Å². The summed E-state index contributed by atoms with van der Waals surface area (Å²) in [5, 5.41) is 0. The fourth-order valence-corrected chi connectivity index (χ4v) is 4.02. The number of rotatable bonds is 7. The zero-order valence-electron chi connectivity index (χ0n) is 17.8. The molecule has 2 amide bonds.